The van der Waals surface area contributed by atoms with Crippen molar-refractivity contribution in [2.45, 2.75) is 19.4 Å². The van der Waals surface area contributed by atoms with Crippen LogP contribution in [0.3, 0.4) is 0 Å². The third-order valence-electron chi connectivity index (χ3n) is 3.40. The van der Waals surface area contributed by atoms with Crippen LogP contribution >= 0.6 is 11.6 Å². The molecule has 110 valence electrons. The Kier molecular flexibility index (Phi) is 4.01. The highest BCUT2D eigenvalue weighted by Gasteiger charge is 2.19. The molecule has 5 nitrogen and oxygen atoms in total. The maximum absolute atomic E-state index is 13.9. The van der Waals surface area contributed by atoms with Gasteiger partial charge in [0.2, 0.25) is 0 Å². The fraction of sp³-hybridized carbons (Fsp3) is 0.286. The van der Waals surface area contributed by atoms with Crippen LogP contribution in [0.15, 0.2) is 18.2 Å². The fourth-order valence-electron chi connectivity index (χ4n) is 2.34. The molecule has 1 aliphatic heterocycles. The smallest absolute Gasteiger partial charge is 0.149 e. The van der Waals surface area contributed by atoms with Gasteiger partial charge in [0.15, 0.2) is 0 Å². The van der Waals surface area contributed by atoms with Crippen LogP contribution in [0.25, 0.3) is 0 Å². The molecule has 1 aromatic carbocycles. The molecule has 0 fully saturated rings. The third kappa shape index (κ3) is 2.83. The number of halogens is 2. The molecular formula is C14H14ClFN4O. The predicted octanol–water partition coefficient (Wildman–Crippen LogP) is 2.22. The van der Waals surface area contributed by atoms with E-state index in [1.54, 1.807) is 12.1 Å². The number of hydrogen-bond donors (Lipinski definition) is 2. The zero-order valence-electron chi connectivity index (χ0n) is 11.2. The van der Waals surface area contributed by atoms with Crippen molar-refractivity contribution in [2.24, 2.45) is 5.84 Å². The summed E-state index contributed by atoms with van der Waals surface area (Å²) in [5, 5.41) is 0.363. The third-order valence-corrected chi connectivity index (χ3v) is 3.76. The van der Waals surface area contributed by atoms with Gasteiger partial charge in [-0.25, -0.2) is 20.2 Å². The van der Waals surface area contributed by atoms with Crippen molar-refractivity contribution in [3.05, 3.63) is 51.7 Å². The van der Waals surface area contributed by atoms with Gasteiger partial charge in [0, 0.05) is 29.0 Å². The van der Waals surface area contributed by atoms with E-state index in [0.717, 1.165) is 11.3 Å². The van der Waals surface area contributed by atoms with E-state index in [-0.39, 0.29) is 12.2 Å². The summed E-state index contributed by atoms with van der Waals surface area (Å²) >= 11 is 6.04. The van der Waals surface area contributed by atoms with E-state index in [9.17, 15) is 4.39 Å². The summed E-state index contributed by atoms with van der Waals surface area (Å²) in [4.78, 5) is 8.82. The van der Waals surface area contributed by atoms with Gasteiger partial charge in [-0.1, -0.05) is 17.7 Å². The van der Waals surface area contributed by atoms with Crippen molar-refractivity contribution in [1.29, 1.82) is 0 Å². The van der Waals surface area contributed by atoms with Gasteiger partial charge in [-0.3, -0.25) is 0 Å². The Bertz CT molecular complexity index is 643. The van der Waals surface area contributed by atoms with Crippen LogP contribution in [0.4, 0.5) is 10.2 Å². The summed E-state index contributed by atoms with van der Waals surface area (Å²) in [7, 11) is 0. The number of rotatable bonds is 3. The highest BCUT2D eigenvalue weighted by atomic mass is 35.5. The summed E-state index contributed by atoms with van der Waals surface area (Å²) in [6.45, 7) is 1.03. The number of aromatic nitrogens is 2. The number of anilines is 1. The highest BCUT2D eigenvalue weighted by molar-refractivity contribution is 6.31. The minimum atomic E-state index is -0.366. The van der Waals surface area contributed by atoms with Gasteiger partial charge in [-0.2, -0.15) is 0 Å². The van der Waals surface area contributed by atoms with Gasteiger partial charge in [-0.15, -0.1) is 0 Å². The number of nitrogen functional groups attached to an aromatic ring is 1. The molecule has 0 bridgehead atoms. The van der Waals surface area contributed by atoms with E-state index in [0.29, 0.717) is 41.9 Å². The van der Waals surface area contributed by atoms with Crippen LogP contribution in [0.1, 0.15) is 22.6 Å². The van der Waals surface area contributed by atoms with Gasteiger partial charge >= 0.3 is 0 Å². The molecule has 1 aromatic heterocycles. The summed E-state index contributed by atoms with van der Waals surface area (Å²) in [6.07, 6.45) is 0.902. The molecule has 2 aromatic rings. The zero-order chi connectivity index (χ0) is 14.8. The Morgan fingerprint density at radius 1 is 1.38 bits per heavy atom. The second-order valence-electron chi connectivity index (χ2n) is 4.74. The largest absolute Gasteiger partial charge is 0.376 e. The number of nitrogens with two attached hydrogens (primary N) is 1. The minimum Gasteiger partial charge on any atom is -0.376 e. The molecule has 1 aliphatic rings. The zero-order valence-corrected chi connectivity index (χ0v) is 12.0. The van der Waals surface area contributed by atoms with Gasteiger partial charge < -0.3 is 10.2 Å². The highest BCUT2D eigenvalue weighted by Crippen LogP contribution is 2.25. The Morgan fingerprint density at radius 3 is 3.00 bits per heavy atom. The van der Waals surface area contributed by atoms with Crippen molar-refractivity contribution >= 4 is 17.4 Å². The lowest BCUT2D eigenvalue weighted by atomic mass is 10.1. The van der Waals surface area contributed by atoms with E-state index in [2.05, 4.69) is 15.4 Å². The fourth-order valence-corrected chi connectivity index (χ4v) is 2.57. The first-order valence-corrected chi connectivity index (χ1v) is 6.92. The van der Waals surface area contributed by atoms with Crippen LogP contribution in [-0.2, 0) is 24.2 Å². The van der Waals surface area contributed by atoms with Crippen LogP contribution in [0, 0.1) is 5.82 Å². The number of nitrogens with one attached hydrogen (secondary N) is 1. The minimum absolute atomic E-state index is 0.217. The van der Waals surface area contributed by atoms with E-state index in [4.69, 9.17) is 22.2 Å². The summed E-state index contributed by atoms with van der Waals surface area (Å²) in [6, 6.07) is 4.59. The summed E-state index contributed by atoms with van der Waals surface area (Å²) in [5.74, 6) is 6.13. The summed E-state index contributed by atoms with van der Waals surface area (Å²) in [5.41, 5.74) is 4.67. The van der Waals surface area contributed by atoms with Crippen molar-refractivity contribution in [3.8, 4) is 0 Å². The van der Waals surface area contributed by atoms with E-state index in [1.807, 2.05) is 0 Å². The summed E-state index contributed by atoms with van der Waals surface area (Å²) < 4.78 is 19.2. The average molecular weight is 309 g/mol. The van der Waals surface area contributed by atoms with Gasteiger partial charge in [-0.05, 0) is 12.1 Å². The molecule has 2 heterocycles. The lowest BCUT2D eigenvalue weighted by Gasteiger charge is -2.19. The Balaban J connectivity index is 1.99. The van der Waals surface area contributed by atoms with Crippen LogP contribution in [0.2, 0.25) is 5.02 Å². The number of nitrogens with zero attached hydrogens (tertiary/aromatic N) is 2. The quantitative estimate of drug-likeness (QED) is 0.672. The molecule has 0 amide bonds. The molecule has 0 aliphatic carbocycles. The molecule has 3 rings (SSSR count). The SMILES string of the molecule is NNc1nc(Cc2c(F)cccc2Cl)nc2c1COCC2. The first-order chi connectivity index (χ1) is 10.2. The molecular weight excluding hydrogens is 295 g/mol. The molecule has 3 N–H and O–H groups in total. The Labute approximate surface area is 126 Å². The normalized spacial score (nSPS) is 13.9. The Hall–Kier alpha value is -1.76. The predicted molar refractivity (Wildman–Crippen MR) is 77.4 cm³/mol. The van der Waals surface area contributed by atoms with Crippen molar-refractivity contribution in [2.75, 3.05) is 12.0 Å². The van der Waals surface area contributed by atoms with Crippen LogP contribution in [-0.4, -0.2) is 16.6 Å². The maximum atomic E-state index is 13.9. The molecule has 0 saturated carbocycles. The van der Waals surface area contributed by atoms with E-state index in [1.165, 1.54) is 6.07 Å². The first-order valence-electron chi connectivity index (χ1n) is 6.55. The molecule has 0 spiro atoms. The van der Waals surface area contributed by atoms with E-state index < -0.39 is 0 Å². The topological polar surface area (TPSA) is 73.1 Å². The van der Waals surface area contributed by atoms with Gasteiger partial charge in [0.05, 0.1) is 18.9 Å². The van der Waals surface area contributed by atoms with Crippen molar-refractivity contribution in [3.63, 3.8) is 0 Å². The maximum Gasteiger partial charge on any atom is 0.149 e. The average Bonchev–Trinajstić information content (AvgIpc) is 2.50. The molecule has 0 saturated heterocycles. The van der Waals surface area contributed by atoms with Crippen molar-refractivity contribution < 1.29 is 9.13 Å². The Morgan fingerprint density at radius 2 is 2.24 bits per heavy atom. The molecule has 21 heavy (non-hydrogen) atoms. The van der Waals surface area contributed by atoms with E-state index >= 15 is 0 Å². The lowest BCUT2D eigenvalue weighted by Crippen LogP contribution is -2.20. The molecule has 0 unspecified atom stereocenters. The number of fused-ring (bicyclic) bond motifs is 1. The lowest BCUT2D eigenvalue weighted by molar-refractivity contribution is 0.109. The number of hydrazine groups is 1. The van der Waals surface area contributed by atoms with Gasteiger partial charge in [0.1, 0.15) is 17.5 Å². The molecule has 0 radical (unpaired) electrons. The van der Waals surface area contributed by atoms with Crippen LogP contribution in [0.5, 0.6) is 0 Å². The number of benzene rings is 1. The second-order valence-corrected chi connectivity index (χ2v) is 5.14. The number of ether oxygens (including phenoxy) is 1. The molecule has 0 atom stereocenters. The monoisotopic (exact) mass is 308 g/mol. The van der Waals surface area contributed by atoms with Crippen LogP contribution < -0.4 is 11.3 Å². The van der Waals surface area contributed by atoms with Gasteiger partial charge in [0.25, 0.3) is 0 Å². The molecule has 7 heteroatoms. The number of hydrogen-bond acceptors (Lipinski definition) is 5. The standard InChI is InChI=1S/C14H14ClFN4O/c15-10-2-1-3-11(16)8(10)6-13-18-12-4-5-21-7-9(12)14(19-13)20-17/h1-3H,4-7,17H2,(H,18,19,20). The first kappa shape index (κ1) is 14.2. The second kappa shape index (κ2) is 5.93. The van der Waals surface area contributed by atoms with Crippen molar-refractivity contribution in [1.82, 2.24) is 9.97 Å².